The quantitative estimate of drug-likeness (QED) is 0.368. The molecule has 202 valence electrons. The van der Waals surface area contributed by atoms with Crippen molar-refractivity contribution in [1.29, 1.82) is 0 Å². The molecule has 4 aromatic rings. The van der Waals surface area contributed by atoms with Crippen molar-refractivity contribution in [2.45, 2.75) is 56.8 Å². The van der Waals surface area contributed by atoms with Crippen molar-refractivity contribution in [3.8, 4) is 22.5 Å². The maximum Gasteiger partial charge on any atom is 0.408 e. The largest absolute Gasteiger partial charge is 0.467 e. The van der Waals surface area contributed by atoms with E-state index < -0.39 is 35.3 Å². The van der Waals surface area contributed by atoms with E-state index in [1.165, 1.54) is 7.11 Å². The first-order valence-corrected chi connectivity index (χ1v) is 12.7. The molecule has 2 aromatic heterocycles. The van der Waals surface area contributed by atoms with Crippen molar-refractivity contribution in [1.82, 2.24) is 35.3 Å². The third-order valence-corrected chi connectivity index (χ3v) is 6.71. The summed E-state index contributed by atoms with van der Waals surface area (Å²) >= 11 is 0. The highest BCUT2D eigenvalue weighted by molar-refractivity contribution is 5.86. The van der Waals surface area contributed by atoms with Gasteiger partial charge in [-0.15, -0.1) is 10.2 Å². The van der Waals surface area contributed by atoms with Crippen LogP contribution in [0.5, 0.6) is 0 Å². The fraction of sp³-hybridized carbons (Fsp3) is 0.357. The molecule has 0 aliphatic heterocycles. The number of nitrogens with zero attached hydrogens (tertiary/aromatic N) is 6. The lowest BCUT2D eigenvalue weighted by Gasteiger charge is -2.29. The molecule has 0 unspecified atom stereocenters. The van der Waals surface area contributed by atoms with Crippen LogP contribution in [-0.4, -0.2) is 60.3 Å². The Balaban J connectivity index is 1.53. The van der Waals surface area contributed by atoms with Crippen LogP contribution in [0.1, 0.15) is 45.7 Å². The van der Waals surface area contributed by atoms with Gasteiger partial charge in [0.25, 0.3) is 0 Å². The monoisotopic (exact) mass is 529 g/mol. The zero-order valence-electron chi connectivity index (χ0n) is 22.3. The second-order valence-corrected chi connectivity index (χ2v) is 10.6. The summed E-state index contributed by atoms with van der Waals surface area (Å²) in [6, 6.07) is 18.6. The summed E-state index contributed by atoms with van der Waals surface area (Å²) in [4.78, 5) is 26.2. The lowest BCUT2D eigenvalue weighted by molar-refractivity contribution is -0.148. The number of alkyl carbamates (subject to hydrolysis) is 1. The molecule has 1 amide bonds. The normalized spacial score (nSPS) is 18.5. The second kappa shape index (κ2) is 10.3. The van der Waals surface area contributed by atoms with Crippen molar-refractivity contribution in [3.63, 3.8) is 0 Å². The zero-order chi connectivity index (χ0) is 27.6. The number of carbonyl (C=O) groups is 2. The molecule has 2 atom stereocenters. The summed E-state index contributed by atoms with van der Waals surface area (Å²) in [5, 5.41) is 20.4. The minimum Gasteiger partial charge on any atom is -0.467 e. The SMILES string of the molecule is COC(=O)C1(NC(=O)OC(C)(C)C)C[C@@H](n2cc(-c3ccccc3)nn2)[C@H](n2cc(-c3ccccc3)nn2)C1. The lowest BCUT2D eigenvalue weighted by Crippen LogP contribution is -2.54. The summed E-state index contributed by atoms with van der Waals surface area (Å²) in [6.07, 6.45) is 3.33. The molecule has 1 aliphatic carbocycles. The lowest BCUT2D eigenvalue weighted by atomic mass is 9.97. The fourth-order valence-corrected chi connectivity index (χ4v) is 4.98. The van der Waals surface area contributed by atoms with E-state index in [9.17, 15) is 9.59 Å². The number of methoxy groups -OCH3 is 1. The highest BCUT2D eigenvalue weighted by Gasteiger charge is 2.55. The van der Waals surface area contributed by atoms with E-state index in [-0.39, 0.29) is 12.8 Å². The van der Waals surface area contributed by atoms with Gasteiger partial charge in [-0.05, 0) is 20.8 Å². The standard InChI is InChI=1S/C28H31N7O4/c1-27(2,3)39-26(37)29-28(25(36)38-4)15-23(34-17-21(30-32-34)19-11-7-5-8-12-19)24(16-28)35-18-22(31-33-35)20-13-9-6-10-14-20/h5-14,17-18,23-24H,15-16H2,1-4H3,(H,29,37)/t23-,24-/m1/s1. The van der Waals surface area contributed by atoms with Gasteiger partial charge in [0.1, 0.15) is 22.5 Å². The molecule has 0 spiro atoms. The maximum atomic E-state index is 13.3. The van der Waals surface area contributed by atoms with Crippen LogP contribution in [0.25, 0.3) is 22.5 Å². The van der Waals surface area contributed by atoms with Crippen molar-refractivity contribution in [2.75, 3.05) is 7.11 Å². The van der Waals surface area contributed by atoms with Gasteiger partial charge in [-0.25, -0.2) is 19.0 Å². The van der Waals surface area contributed by atoms with Crippen LogP contribution in [-0.2, 0) is 14.3 Å². The van der Waals surface area contributed by atoms with Gasteiger partial charge in [0, 0.05) is 24.0 Å². The highest BCUT2D eigenvalue weighted by Crippen LogP contribution is 2.46. The minimum absolute atomic E-state index is 0.182. The van der Waals surface area contributed by atoms with Gasteiger partial charge in [0.05, 0.1) is 31.6 Å². The molecule has 1 N–H and O–H groups in total. The summed E-state index contributed by atoms with van der Waals surface area (Å²) in [5.74, 6) is -0.576. The molecule has 2 aromatic carbocycles. The van der Waals surface area contributed by atoms with Crippen molar-refractivity contribution < 1.29 is 19.1 Å². The van der Waals surface area contributed by atoms with Gasteiger partial charge >= 0.3 is 12.1 Å². The number of hydrogen-bond acceptors (Lipinski definition) is 8. The van der Waals surface area contributed by atoms with E-state index in [0.717, 1.165) is 11.1 Å². The summed E-state index contributed by atoms with van der Waals surface area (Å²) in [6.45, 7) is 5.29. The Morgan fingerprint density at radius 1 is 0.846 bits per heavy atom. The third-order valence-electron chi connectivity index (χ3n) is 6.71. The van der Waals surface area contributed by atoms with Gasteiger partial charge in [-0.2, -0.15) is 0 Å². The Morgan fingerprint density at radius 2 is 1.31 bits per heavy atom. The van der Waals surface area contributed by atoms with Gasteiger partial charge in [0.15, 0.2) is 0 Å². The highest BCUT2D eigenvalue weighted by atomic mass is 16.6. The van der Waals surface area contributed by atoms with E-state index in [0.29, 0.717) is 11.4 Å². The molecule has 2 heterocycles. The number of benzene rings is 2. The molecule has 11 nitrogen and oxygen atoms in total. The molecular weight excluding hydrogens is 498 g/mol. The van der Waals surface area contributed by atoms with E-state index in [2.05, 4.69) is 25.9 Å². The van der Waals surface area contributed by atoms with Gasteiger partial charge in [-0.3, -0.25) is 0 Å². The van der Waals surface area contributed by atoms with Crippen LogP contribution in [0.4, 0.5) is 4.79 Å². The number of hydrogen-bond donors (Lipinski definition) is 1. The Morgan fingerprint density at radius 3 is 1.72 bits per heavy atom. The predicted octanol–water partition coefficient (Wildman–Crippen LogP) is 4.22. The van der Waals surface area contributed by atoms with Crippen molar-refractivity contribution in [2.24, 2.45) is 0 Å². The average Bonchev–Trinajstić information content (AvgIpc) is 3.67. The fourth-order valence-electron chi connectivity index (χ4n) is 4.98. The van der Waals surface area contributed by atoms with Crippen molar-refractivity contribution >= 4 is 12.1 Å². The molecular formula is C28H31N7O4. The summed E-state index contributed by atoms with van der Waals surface area (Å²) in [5.41, 5.74) is 1.07. The Labute approximate surface area is 226 Å². The van der Waals surface area contributed by atoms with Gasteiger partial charge < -0.3 is 14.8 Å². The second-order valence-electron chi connectivity index (χ2n) is 10.6. The number of rotatable bonds is 6. The summed E-state index contributed by atoms with van der Waals surface area (Å²) in [7, 11) is 1.30. The number of carbonyl (C=O) groups excluding carboxylic acids is 2. The molecule has 0 saturated heterocycles. The smallest absolute Gasteiger partial charge is 0.408 e. The number of nitrogens with one attached hydrogen (secondary N) is 1. The molecule has 1 fully saturated rings. The van der Waals surface area contributed by atoms with E-state index in [1.807, 2.05) is 73.1 Å². The van der Waals surface area contributed by atoms with Crippen LogP contribution in [0.15, 0.2) is 73.1 Å². The molecule has 1 saturated carbocycles. The first-order chi connectivity index (χ1) is 18.7. The molecule has 0 bridgehead atoms. The maximum absolute atomic E-state index is 13.3. The Hall–Kier alpha value is -4.54. The van der Waals surface area contributed by atoms with Crippen LogP contribution < -0.4 is 5.32 Å². The molecule has 1 aliphatic rings. The zero-order valence-corrected chi connectivity index (χ0v) is 22.3. The first-order valence-electron chi connectivity index (χ1n) is 12.7. The third kappa shape index (κ3) is 5.52. The Bertz CT molecular complexity index is 1360. The van der Waals surface area contributed by atoms with Crippen LogP contribution >= 0.6 is 0 Å². The van der Waals surface area contributed by atoms with Crippen LogP contribution in [0.2, 0.25) is 0 Å². The number of amides is 1. The predicted molar refractivity (Wildman–Crippen MR) is 142 cm³/mol. The van der Waals surface area contributed by atoms with Gasteiger partial charge in [-0.1, -0.05) is 71.1 Å². The molecule has 11 heteroatoms. The molecule has 0 radical (unpaired) electrons. The number of aromatic nitrogens is 6. The van der Waals surface area contributed by atoms with Crippen LogP contribution in [0.3, 0.4) is 0 Å². The van der Waals surface area contributed by atoms with E-state index >= 15 is 0 Å². The van der Waals surface area contributed by atoms with Gasteiger partial charge in [0.2, 0.25) is 0 Å². The molecule has 39 heavy (non-hydrogen) atoms. The van der Waals surface area contributed by atoms with Crippen LogP contribution in [0, 0.1) is 0 Å². The Kier molecular flexibility index (Phi) is 6.90. The minimum atomic E-state index is -1.38. The molecule has 5 rings (SSSR count). The number of ether oxygens (including phenoxy) is 2. The number of esters is 1. The summed E-state index contributed by atoms with van der Waals surface area (Å²) < 4.78 is 14.1. The van der Waals surface area contributed by atoms with E-state index in [4.69, 9.17) is 9.47 Å². The van der Waals surface area contributed by atoms with Crippen molar-refractivity contribution in [3.05, 3.63) is 73.1 Å². The topological polar surface area (TPSA) is 126 Å². The van der Waals surface area contributed by atoms with E-state index in [1.54, 1.807) is 30.1 Å². The first kappa shape index (κ1) is 26.1. The average molecular weight is 530 g/mol.